The van der Waals surface area contributed by atoms with E-state index >= 15 is 0 Å². The summed E-state index contributed by atoms with van der Waals surface area (Å²) in [6, 6.07) is 3.93. The Balaban J connectivity index is 2.16. The molecule has 2 unspecified atom stereocenters. The van der Waals surface area contributed by atoms with Crippen molar-refractivity contribution in [3.05, 3.63) is 61.9 Å². The lowest BCUT2D eigenvalue weighted by atomic mass is 10.1. The van der Waals surface area contributed by atoms with Crippen LogP contribution in [0.25, 0.3) is 11.0 Å². The molecule has 0 aliphatic carbocycles. The van der Waals surface area contributed by atoms with Crippen LogP contribution in [0.15, 0.2) is 33.9 Å². The number of aliphatic hydroxyl groups is 1. The molecular formula is C17H17F3N4O3. The third-order valence-corrected chi connectivity index (χ3v) is 4.41. The maximum atomic E-state index is 12.7. The molecule has 0 aliphatic heterocycles. The van der Waals surface area contributed by atoms with Crippen LogP contribution in [0.2, 0.25) is 0 Å². The first-order chi connectivity index (χ1) is 12.6. The minimum atomic E-state index is -4.45. The van der Waals surface area contributed by atoms with Crippen molar-refractivity contribution in [1.29, 1.82) is 0 Å². The number of rotatable bonds is 4. The number of nitrogens with zero attached hydrogens (tertiary/aromatic N) is 2. The van der Waals surface area contributed by atoms with E-state index in [4.69, 9.17) is 0 Å². The molecule has 0 fully saturated rings. The summed E-state index contributed by atoms with van der Waals surface area (Å²) in [6.45, 7) is 3.37. The van der Waals surface area contributed by atoms with E-state index in [2.05, 4.69) is 15.1 Å². The van der Waals surface area contributed by atoms with E-state index in [0.29, 0.717) is 12.0 Å². The van der Waals surface area contributed by atoms with Crippen molar-refractivity contribution in [1.82, 2.24) is 19.7 Å². The molecule has 0 saturated carbocycles. The van der Waals surface area contributed by atoms with Crippen molar-refractivity contribution in [2.24, 2.45) is 0 Å². The van der Waals surface area contributed by atoms with E-state index in [0.717, 1.165) is 12.1 Å². The van der Waals surface area contributed by atoms with Crippen LogP contribution in [0, 0.1) is 0 Å². The minimum absolute atomic E-state index is 0.0442. The van der Waals surface area contributed by atoms with Crippen LogP contribution in [0.4, 0.5) is 13.2 Å². The molecule has 10 heteroatoms. The molecule has 2 heterocycles. The Kier molecular flexibility index (Phi) is 4.68. The largest absolute Gasteiger partial charge is 0.416 e. The number of aliphatic hydroxyl groups excluding tert-OH is 1. The Morgan fingerprint density at radius 3 is 2.37 bits per heavy atom. The predicted molar refractivity (Wildman–Crippen MR) is 91.5 cm³/mol. The molecule has 0 aliphatic rings. The van der Waals surface area contributed by atoms with E-state index in [-0.39, 0.29) is 16.7 Å². The molecule has 0 bridgehead atoms. The van der Waals surface area contributed by atoms with Crippen molar-refractivity contribution >= 4 is 11.0 Å². The summed E-state index contributed by atoms with van der Waals surface area (Å²) >= 11 is 0. The lowest BCUT2D eigenvalue weighted by Gasteiger charge is -2.15. The number of benzene rings is 1. The highest BCUT2D eigenvalue weighted by Crippen LogP contribution is 2.31. The molecule has 144 valence electrons. The Morgan fingerprint density at radius 2 is 1.81 bits per heavy atom. The number of aromatic amines is 2. The van der Waals surface area contributed by atoms with E-state index in [1.807, 2.05) is 0 Å². The van der Waals surface area contributed by atoms with Crippen molar-refractivity contribution in [3.8, 4) is 0 Å². The molecule has 1 aromatic carbocycles. The Bertz CT molecular complexity index is 1080. The van der Waals surface area contributed by atoms with Crippen LogP contribution < -0.4 is 11.2 Å². The summed E-state index contributed by atoms with van der Waals surface area (Å²) in [5.74, 6) is 0. The maximum absolute atomic E-state index is 12.7. The van der Waals surface area contributed by atoms with Crippen LogP contribution in [0.1, 0.15) is 49.2 Å². The van der Waals surface area contributed by atoms with Gasteiger partial charge in [0, 0.05) is 0 Å². The van der Waals surface area contributed by atoms with Gasteiger partial charge >= 0.3 is 11.9 Å². The molecule has 7 nitrogen and oxygen atoms in total. The van der Waals surface area contributed by atoms with Gasteiger partial charge in [-0.25, -0.2) is 9.48 Å². The summed E-state index contributed by atoms with van der Waals surface area (Å²) in [6.07, 6.45) is -5.18. The van der Waals surface area contributed by atoms with Crippen LogP contribution in [-0.4, -0.2) is 24.9 Å². The summed E-state index contributed by atoms with van der Waals surface area (Å²) < 4.78 is 39.6. The highest BCUT2D eigenvalue weighted by molar-refractivity contribution is 5.77. The number of fused-ring (bicyclic) bond motifs is 1. The van der Waals surface area contributed by atoms with Gasteiger partial charge in [0.2, 0.25) is 0 Å². The van der Waals surface area contributed by atoms with Crippen molar-refractivity contribution in [2.45, 2.75) is 38.6 Å². The number of alkyl halides is 3. The molecule has 27 heavy (non-hydrogen) atoms. The molecule has 0 saturated heterocycles. The molecule has 0 radical (unpaired) electrons. The second-order valence-electron chi connectivity index (χ2n) is 6.18. The van der Waals surface area contributed by atoms with Gasteiger partial charge in [0.1, 0.15) is 16.7 Å². The molecule has 2 atom stereocenters. The zero-order valence-corrected chi connectivity index (χ0v) is 14.5. The Labute approximate surface area is 150 Å². The van der Waals surface area contributed by atoms with E-state index < -0.39 is 35.1 Å². The van der Waals surface area contributed by atoms with Gasteiger partial charge in [-0.1, -0.05) is 19.1 Å². The van der Waals surface area contributed by atoms with E-state index in [1.165, 1.54) is 16.8 Å². The monoisotopic (exact) mass is 382 g/mol. The van der Waals surface area contributed by atoms with Gasteiger partial charge in [-0.3, -0.25) is 14.8 Å². The fraction of sp³-hybridized carbons (Fsp3) is 0.353. The van der Waals surface area contributed by atoms with E-state index in [9.17, 15) is 27.9 Å². The second-order valence-corrected chi connectivity index (χ2v) is 6.18. The number of halogens is 3. The Morgan fingerprint density at radius 1 is 1.19 bits per heavy atom. The summed E-state index contributed by atoms with van der Waals surface area (Å²) in [5.41, 5.74) is -1.53. The zero-order chi connectivity index (χ0) is 19.9. The van der Waals surface area contributed by atoms with Gasteiger partial charge in [0.25, 0.3) is 5.56 Å². The standard InChI is InChI=1S/C17H17F3N4O3/c1-3-11(25)13-12-14(21-16(27)22-15(12)26)24(23-13)8(2)9-4-6-10(7-5-9)17(18,19)20/h4-8,11,25H,3H2,1-2H3,(H2,21,22,26,27). The van der Waals surface area contributed by atoms with Gasteiger partial charge in [-0.2, -0.15) is 18.3 Å². The molecule has 0 amide bonds. The average molecular weight is 382 g/mol. The molecule has 3 rings (SSSR count). The van der Waals surface area contributed by atoms with Crippen molar-refractivity contribution in [2.75, 3.05) is 0 Å². The van der Waals surface area contributed by atoms with Crippen LogP contribution in [-0.2, 0) is 6.18 Å². The highest BCUT2D eigenvalue weighted by Gasteiger charge is 2.30. The number of hydrogen-bond acceptors (Lipinski definition) is 4. The van der Waals surface area contributed by atoms with Crippen LogP contribution in [0.3, 0.4) is 0 Å². The maximum Gasteiger partial charge on any atom is 0.416 e. The topological polar surface area (TPSA) is 104 Å². The minimum Gasteiger partial charge on any atom is -0.387 e. The SMILES string of the molecule is CCC(O)c1nn(C(C)c2ccc(C(F)(F)F)cc2)c2[nH]c(=O)[nH]c(=O)c12. The van der Waals surface area contributed by atoms with Crippen molar-refractivity contribution < 1.29 is 18.3 Å². The fourth-order valence-electron chi connectivity index (χ4n) is 2.90. The van der Waals surface area contributed by atoms with Gasteiger partial charge in [0.15, 0.2) is 0 Å². The first-order valence-corrected chi connectivity index (χ1v) is 8.23. The quantitative estimate of drug-likeness (QED) is 0.645. The molecule has 3 aromatic rings. The summed E-state index contributed by atoms with van der Waals surface area (Å²) in [5, 5.41) is 14.5. The van der Waals surface area contributed by atoms with Crippen LogP contribution in [0.5, 0.6) is 0 Å². The van der Waals surface area contributed by atoms with Gasteiger partial charge in [-0.15, -0.1) is 0 Å². The van der Waals surface area contributed by atoms with Crippen molar-refractivity contribution in [3.63, 3.8) is 0 Å². The molecule has 3 N–H and O–H groups in total. The molecular weight excluding hydrogens is 365 g/mol. The van der Waals surface area contributed by atoms with Gasteiger partial charge < -0.3 is 5.11 Å². The fourth-order valence-corrected chi connectivity index (χ4v) is 2.90. The highest BCUT2D eigenvalue weighted by atomic mass is 19.4. The zero-order valence-electron chi connectivity index (χ0n) is 14.5. The lowest BCUT2D eigenvalue weighted by molar-refractivity contribution is -0.137. The number of aromatic nitrogens is 4. The molecule has 0 spiro atoms. The normalized spacial score (nSPS) is 14.4. The summed E-state index contributed by atoms with van der Waals surface area (Å²) in [4.78, 5) is 28.5. The average Bonchev–Trinajstić information content (AvgIpc) is 2.99. The number of H-pyrrole nitrogens is 2. The predicted octanol–water partition coefficient (Wildman–Crippen LogP) is 2.48. The number of nitrogens with one attached hydrogen (secondary N) is 2. The number of hydrogen-bond donors (Lipinski definition) is 3. The summed E-state index contributed by atoms with van der Waals surface area (Å²) in [7, 11) is 0. The lowest BCUT2D eigenvalue weighted by Crippen LogP contribution is -2.23. The third-order valence-electron chi connectivity index (χ3n) is 4.41. The first kappa shape index (κ1) is 18.9. The van der Waals surface area contributed by atoms with Gasteiger partial charge in [-0.05, 0) is 31.0 Å². The molecule has 2 aromatic heterocycles. The third kappa shape index (κ3) is 3.39. The van der Waals surface area contributed by atoms with E-state index in [1.54, 1.807) is 13.8 Å². The Hall–Kier alpha value is -2.88. The first-order valence-electron chi connectivity index (χ1n) is 8.23. The smallest absolute Gasteiger partial charge is 0.387 e. The van der Waals surface area contributed by atoms with Gasteiger partial charge in [0.05, 0.1) is 17.7 Å². The second kappa shape index (κ2) is 6.69. The van der Waals surface area contributed by atoms with Crippen LogP contribution >= 0.6 is 0 Å².